The summed E-state index contributed by atoms with van der Waals surface area (Å²) in [7, 11) is 0. The van der Waals surface area contributed by atoms with Gasteiger partial charge < -0.3 is 9.80 Å². The Hall–Kier alpha value is -2.69. The van der Waals surface area contributed by atoms with Crippen molar-refractivity contribution in [2.24, 2.45) is 0 Å². The summed E-state index contributed by atoms with van der Waals surface area (Å²) in [4.78, 5) is 33.5. The van der Waals surface area contributed by atoms with Crippen molar-refractivity contribution in [3.8, 4) is 0 Å². The molecule has 1 aromatic heterocycles. The monoisotopic (exact) mass is 335 g/mol. The molecule has 1 saturated heterocycles. The fourth-order valence-corrected chi connectivity index (χ4v) is 3.64. The minimum Gasteiger partial charge on any atom is -0.337 e. The molecule has 3 heterocycles. The average molecular weight is 335 g/mol. The molecule has 2 amide bonds. The van der Waals surface area contributed by atoms with E-state index in [-0.39, 0.29) is 11.8 Å². The molecule has 1 fully saturated rings. The molecule has 2 aliphatic rings. The maximum atomic E-state index is 13.0. The highest BCUT2D eigenvalue weighted by atomic mass is 16.2. The number of anilines is 1. The molecule has 0 bridgehead atoms. The summed E-state index contributed by atoms with van der Waals surface area (Å²) < 4.78 is 0. The van der Waals surface area contributed by atoms with Gasteiger partial charge in [-0.1, -0.05) is 24.3 Å². The van der Waals surface area contributed by atoms with Gasteiger partial charge in [0.1, 0.15) is 11.4 Å². The van der Waals surface area contributed by atoms with Crippen LogP contribution in [0, 0.1) is 0 Å². The first-order valence-corrected chi connectivity index (χ1v) is 8.90. The summed E-state index contributed by atoms with van der Waals surface area (Å²) >= 11 is 0. The molecule has 5 heteroatoms. The first-order valence-electron chi connectivity index (χ1n) is 8.90. The lowest BCUT2D eigenvalue weighted by molar-refractivity contribution is 0.0787. The number of rotatable bonds is 2. The number of hydrogen-bond donors (Lipinski definition) is 0. The zero-order chi connectivity index (χ0) is 17.2. The summed E-state index contributed by atoms with van der Waals surface area (Å²) in [6, 6.07) is 13.1. The number of aromatic nitrogens is 1. The van der Waals surface area contributed by atoms with Crippen LogP contribution in [0.4, 0.5) is 5.69 Å². The molecule has 25 heavy (non-hydrogen) atoms. The van der Waals surface area contributed by atoms with Gasteiger partial charge >= 0.3 is 0 Å². The molecule has 0 atom stereocenters. The lowest BCUT2D eigenvalue weighted by Crippen LogP contribution is -2.36. The number of nitrogens with zero attached hydrogens (tertiary/aromatic N) is 3. The molecule has 2 aliphatic heterocycles. The molecule has 0 N–H and O–H groups in total. The Labute approximate surface area is 147 Å². The average Bonchev–Trinajstić information content (AvgIpc) is 3.21. The van der Waals surface area contributed by atoms with Crippen molar-refractivity contribution in [3.05, 3.63) is 59.4 Å². The van der Waals surface area contributed by atoms with Gasteiger partial charge in [0.2, 0.25) is 0 Å². The number of para-hydroxylation sites is 1. The molecule has 0 radical (unpaired) electrons. The number of benzene rings is 1. The Morgan fingerprint density at radius 3 is 2.32 bits per heavy atom. The second-order valence-electron chi connectivity index (χ2n) is 6.60. The van der Waals surface area contributed by atoms with Gasteiger partial charge in [-0.15, -0.1) is 0 Å². The van der Waals surface area contributed by atoms with E-state index in [1.54, 1.807) is 23.1 Å². The fourth-order valence-electron chi connectivity index (χ4n) is 3.64. The second-order valence-corrected chi connectivity index (χ2v) is 6.60. The maximum Gasteiger partial charge on any atom is 0.276 e. The number of hydrogen-bond acceptors (Lipinski definition) is 3. The zero-order valence-corrected chi connectivity index (χ0v) is 14.1. The summed E-state index contributed by atoms with van der Waals surface area (Å²) in [5.41, 5.74) is 2.84. The van der Waals surface area contributed by atoms with Crippen molar-refractivity contribution in [2.45, 2.75) is 25.7 Å². The summed E-state index contributed by atoms with van der Waals surface area (Å²) in [5, 5.41) is 0. The Morgan fingerprint density at radius 2 is 1.52 bits per heavy atom. The predicted octanol–water partition coefficient (Wildman–Crippen LogP) is 2.91. The molecule has 1 aromatic carbocycles. The fraction of sp³-hybridized carbons (Fsp3) is 0.350. The van der Waals surface area contributed by atoms with E-state index in [2.05, 4.69) is 11.1 Å². The summed E-state index contributed by atoms with van der Waals surface area (Å²) in [6.45, 7) is 2.23. The topological polar surface area (TPSA) is 53.5 Å². The second kappa shape index (κ2) is 6.67. The molecule has 0 saturated carbocycles. The van der Waals surface area contributed by atoms with Crippen LogP contribution in [0.3, 0.4) is 0 Å². The highest BCUT2D eigenvalue weighted by Gasteiger charge is 2.26. The van der Waals surface area contributed by atoms with Crippen LogP contribution in [0.1, 0.15) is 45.8 Å². The minimum atomic E-state index is -0.136. The van der Waals surface area contributed by atoms with E-state index in [0.717, 1.165) is 44.5 Å². The van der Waals surface area contributed by atoms with Gasteiger partial charge in [-0.3, -0.25) is 9.59 Å². The van der Waals surface area contributed by atoms with Crippen molar-refractivity contribution in [1.82, 2.24) is 9.88 Å². The standard InChI is InChI=1S/C20H21N3O2/c24-19(22-12-3-4-13-22)16-9-5-10-17(21-16)20(25)23-14-6-8-15-7-1-2-11-18(15)23/h1-2,5,7,9-11H,3-4,6,8,12-14H2. The third-order valence-corrected chi connectivity index (χ3v) is 4.94. The summed E-state index contributed by atoms with van der Waals surface area (Å²) in [6.07, 6.45) is 4.00. The van der Waals surface area contributed by atoms with Crippen molar-refractivity contribution >= 4 is 17.5 Å². The van der Waals surface area contributed by atoms with E-state index in [9.17, 15) is 9.59 Å². The Bertz CT molecular complexity index is 812. The van der Waals surface area contributed by atoms with Crippen LogP contribution >= 0.6 is 0 Å². The molecule has 128 valence electrons. The zero-order valence-electron chi connectivity index (χ0n) is 14.1. The van der Waals surface area contributed by atoms with Gasteiger partial charge in [-0.25, -0.2) is 4.98 Å². The quantitative estimate of drug-likeness (QED) is 0.848. The molecule has 4 rings (SSSR count). The molecule has 5 nitrogen and oxygen atoms in total. The van der Waals surface area contributed by atoms with Crippen LogP contribution in [0.25, 0.3) is 0 Å². The minimum absolute atomic E-state index is 0.0776. The van der Waals surface area contributed by atoms with Crippen LogP contribution in [0.5, 0.6) is 0 Å². The van der Waals surface area contributed by atoms with Gasteiger partial charge in [0.25, 0.3) is 11.8 Å². The van der Waals surface area contributed by atoms with Crippen LogP contribution in [-0.4, -0.2) is 41.3 Å². The van der Waals surface area contributed by atoms with Gasteiger partial charge in [0.15, 0.2) is 0 Å². The van der Waals surface area contributed by atoms with Crippen molar-refractivity contribution in [3.63, 3.8) is 0 Å². The number of carbonyl (C=O) groups excluding carboxylic acids is 2. The van der Waals surface area contributed by atoms with E-state index in [1.165, 1.54) is 5.56 Å². The van der Waals surface area contributed by atoms with Crippen LogP contribution in [0.2, 0.25) is 0 Å². The largest absolute Gasteiger partial charge is 0.337 e. The smallest absolute Gasteiger partial charge is 0.276 e. The van der Waals surface area contributed by atoms with Crippen LogP contribution < -0.4 is 4.90 Å². The van der Waals surface area contributed by atoms with Gasteiger partial charge in [0.05, 0.1) is 0 Å². The van der Waals surface area contributed by atoms with Gasteiger partial charge in [0, 0.05) is 25.3 Å². The SMILES string of the molecule is O=C(c1cccc(C(=O)N2CCCc3ccccc32)n1)N1CCCC1. The summed E-state index contributed by atoms with van der Waals surface area (Å²) in [5.74, 6) is -0.214. The Morgan fingerprint density at radius 1 is 0.800 bits per heavy atom. The van der Waals surface area contributed by atoms with Crippen molar-refractivity contribution in [2.75, 3.05) is 24.5 Å². The van der Waals surface area contributed by atoms with Crippen molar-refractivity contribution in [1.29, 1.82) is 0 Å². The van der Waals surface area contributed by atoms with E-state index in [4.69, 9.17) is 0 Å². The predicted molar refractivity (Wildman–Crippen MR) is 95.8 cm³/mol. The molecule has 2 aromatic rings. The lowest BCUT2D eigenvalue weighted by atomic mass is 10.0. The third-order valence-electron chi connectivity index (χ3n) is 4.94. The first-order chi connectivity index (χ1) is 12.2. The molecule has 0 spiro atoms. The van der Waals surface area contributed by atoms with E-state index >= 15 is 0 Å². The number of carbonyl (C=O) groups is 2. The highest BCUT2D eigenvalue weighted by Crippen LogP contribution is 2.27. The van der Waals surface area contributed by atoms with E-state index in [0.29, 0.717) is 17.9 Å². The molecular weight excluding hydrogens is 314 g/mol. The maximum absolute atomic E-state index is 13.0. The number of likely N-dealkylation sites (tertiary alicyclic amines) is 1. The normalized spacial score (nSPS) is 16.6. The Kier molecular flexibility index (Phi) is 4.22. The molecular formula is C20H21N3O2. The van der Waals surface area contributed by atoms with Crippen LogP contribution in [0.15, 0.2) is 42.5 Å². The van der Waals surface area contributed by atoms with Crippen LogP contribution in [-0.2, 0) is 6.42 Å². The molecule has 0 aliphatic carbocycles. The number of pyridine rings is 1. The molecule has 0 unspecified atom stereocenters. The van der Waals surface area contributed by atoms with Gasteiger partial charge in [-0.2, -0.15) is 0 Å². The van der Waals surface area contributed by atoms with Crippen molar-refractivity contribution < 1.29 is 9.59 Å². The number of amides is 2. The Balaban J connectivity index is 1.61. The number of fused-ring (bicyclic) bond motifs is 1. The van der Waals surface area contributed by atoms with E-state index in [1.807, 2.05) is 23.1 Å². The highest BCUT2D eigenvalue weighted by molar-refractivity contribution is 6.06. The number of aryl methyl sites for hydroxylation is 1. The van der Waals surface area contributed by atoms with Gasteiger partial charge in [-0.05, 0) is 49.4 Å². The van der Waals surface area contributed by atoms with E-state index < -0.39 is 0 Å². The first kappa shape index (κ1) is 15.8. The lowest BCUT2D eigenvalue weighted by Gasteiger charge is -2.29. The third kappa shape index (κ3) is 3.02.